The Morgan fingerprint density at radius 2 is 0.966 bits per heavy atom. The second-order valence-electron chi connectivity index (χ2n) is 14.0. The number of amides is 2. The number of carbonyl (C=O) groups excluding carboxylic acids is 2. The Balaban J connectivity index is 0.891. The Bertz CT molecular complexity index is 2410. The van der Waals surface area contributed by atoms with E-state index in [0.717, 1.165) is 56.4 Å². The molecule has 0 saturated carbocycles. The lowest BCUT2D eigenvalue weighted by molar-refractivity contribution is -0.512. The van der Waals surface area contributed by atoms with Crippen LogP contribution in [0.1, 0.15) is 71.4 Å². The molecule has 4 aromatic heterocycles. The largest absolute Gasteiger partial charge is 0.286 e. The van der Waals surface area contributed by atoms with Gasteiger partial charge in [-0.05, 0) is 96.1 Å². The average Bonchev–Trinajstić information content (AvgIpc) is 3.76. The number of imidazole rings is 2. The van der Waals surface area contributed by atoms with Gasteiger partial charge in [0.15, 0.2) is 11.4 Å². The van der Waals surface area contributed by atoms with Crippen molar-refractivity contribution in [1.82, 2.24) is 20.0 Å². The highest BCUT2D eigenvalue weighted by Crippen LogP contribution is 2.24. The molecule has 0 aliphatic carbocycles. The molecular weight excluding hydrogens is 761 g/mol. The highest BCUT2D eigenvalue weighted by atomic mass is 32.2. The molecule has 2 N–H and O–H groups in total. The van der Waals surface area contributed by atoms with Crippen LogP contribution in [0.25, 0.3) is 33.8 Å². The van der Waals surface area contributed by atoms with Gasteiger partial charge in [0, 0.05) is 44.2 Å². The minimum atomic E-state index is -0.380. The van der Waals surface area contributed by atoms with Crippen LogP contribution in [-0.2, 0) is 14.1 Å². The monoisotopic (exact) mass is 808 g/mol. The van der Waals surface area contributed by atoms with Crippen molar-refractivity contribution in [3.63, 3.8) is 0 Å². The summed E-state index contributed by atoms with van der Waals surface area (Å²) in [6.07, 6.45) is 16.7. The van der Waals surface area contributed by atoms with E-state index in [4.69, 9.17) is 0 Å². The minimum Gasteiger partial charge on any atom is -0.267 e. The van der Waals surface area contributed by atoms with Crippen LogP contribution in [0.4, 0.5) is 0 Å². The van der Waals surface area contributed by atoms with Crippen molar-refractivity contribution in [2.24, 2.45) is 24.3 Å². The zero-order valence-corrected chi connectivity index (χ0v) is 34.9. The van der Waals surface area contributed by atoms with Crippen LogP contribution in [0.5, 0.6) is 0 Å². The molecule has 0 spiro atoms. The zero-order valence-electron chi connectivity index (χ0n) is 33.3. The molecule has 7 aromatic rings. The maximum Gasteiger partial charge on any atom is 0.286 e. The van der Waals surface area contributed by atoms with E-state index in [1.54, 1.807) is 36.7 Å². The van der Waals surface area contributed by atoms with E-state index in [1.807, 2.05) is 72.1 Å². The molecule has 0 unspecified atom stereocenters. The fraction of sp³-hybridized carbons (Fsp3) is 0.217. The summed E-state index contributed by atoms with van der Waals surface area (Å²) in [6, 6.07) is 31.1. The smallest absolute Gasteiger partial charge is 0.267 e. The predicted octanol–water partition coefficient (Wildman–Crippen LogP) is 8.49. The second-order valence-corrected chi connectivity index (χ2v) is 16.4. The molecule has 294 valence electrons. The third kappa shape index (κ3) is 9.58. The maximum absolute atomic E-state index is 12.8. The molecule has 0 fully saturated rings. The quantitative estimate of drug-likeness (QED) is 0.0337. The van der Waals surface area contributed by atoms with Gasteiger partial charge >= 0.3 is 0 Å². The first-order chi connectivity index (χ1) is 28.3. The summed E-state index contributed by atoms with van der Waals surface area (Å²) < 4.78 is 8.72. The zero-order chi connectivity index (χ0) is 40.4. The lowest BCUT2D eigenvalue weighted by Crippen LogP contribution is -2.19. The molecule has 2 amide bonds. The Labute approximate surface area is 347 Å². The molecule has 0 aliphatic heterocycles. The molecule has 0 atom stereocenters. The summed E-state index contributed by atoms with van der Waals surface area (Å²) in [6.45, 7) is 4.43. The van der Waals surface area contributed by atoms with Crippen LogP contribution in [0.15, 0.2) is 142 Å². The van der Waals surface area contributed by atoms with Crippen molar-refractivity contribution in [3.8, 4) is 22.5 Å². The van der Waals surface area contributed by atoms with Gasteiger partial charge in [0.1, 0.15) is 24.8 Å². The van der Waals surface area contributed by atoms with Gasteiger partial charge in [-0.1, -0.05) is 51.0 Å². The van der Waals surface area contributed by atoms with Crippen LogP contribution in [0, 0.1) is 0 Å². The fourth-order valence-electron chi connectivity index (χ4n) is 6.53. The van der Waals surface area contributed by atoms with Crippen molar-refractivity contribution in [1.29, 1.82) is 0 Å². The number of hydrogen-bond donors (Lipinski definition) is 2. The van der Waals surface area contributed by atoms with Crippen molar-refractivity contribution in [3.05, 3.63) is 144 Å². The molecule has 3 aromatic carbocycles. The molecule has 7 rings (SSSR count). The van der Waals surface area contributed by atoms with Gasteiger partial charge < -0.3 is 0 Å². The number of benzene rings is 3. The maximum atomic E-state index is 12.8. The van der Waals surface area contributed by atoms with Gasteiger partial charge in [-0.15, -0.1) is 23.5 Å². The highest BCUT2D eigenvalue weighted by Gasteiger charge is 2.18. The van der Waals surface area contributed by atoms with Crippen molar-refractivity contribution in [2.45, 2.75) is 49.3 Å². The number of nitrogens with zero attached hydrogens (tertiary/aromatic N) is 6. The average molecular weight is 809 g/mol. The minimum absolute atomic E-state index is 0.378. The Morgan fingerprint density at radius 1 is 0.569 bits per heavy atom. The van der Waals surface area contributed by atoms with Gasteiger partial charge in [-0.25, -0.2) is 28.8 Å². The van der Waals surface area contributed by atoms with Crippen molar-refractivity contribution >= 4 is 59.1 Å². The first kappa shape index (κ1) is 40.2. The predicted molar refractivity (Wildman–Crippen MR) is 236 cm³/mol. The molecule has 58 heavy (non-hydrogen) atoms. The number of aryl methyl sites for hydroxylation is 2. The summed E-state index contributed by atoms with van der Waals surface area (Å²) in [5.41, 5.74) is 14.2. The van der Waals surface area contributed by atoms with Crippen LogP contribution in [0.2, 0.25) is 0 Å². The van der Waals surface area contributed by atoms with E-state index in [2.05, 4.69) is 116 Å². The van der Waals surface area contributed by atoms with E-state index in [9.17, 15) is 9.59 Å². The number of pyridine rings is 2. The number of carbonyl (C=O) groups is 2. The number of unbranched alkanes of at least 4 members (excludes halogenated alkanes) is 2. The molecule has 0 aliphatic rings. The second kappa shape index (κ2) is 19.0. The Morgan fingerprint density at radius 3 is 1.34 bits per heavy atom. The summed E-state index contributed by atoms with van der Waals surface area (Å²) in [4.78, 5) is 28.1. The summed E-state index contributed by atoms with van der Waals surface area (Å²) >= 11 is 3.78. The lowest BCUT2D eigenvalue weighted by atomic mass is 10.1. The van der Waals surface area contributed by atoms with Crippen LogP contribution in [-0.4, -0.2) is 44.9 Å². The molecule has 0 radical (unpaired) electrons. The van der Waals surface area contributed by atoms with E-state index in [1.165, 1.54) is 35.5 Å². The SMILES string of the molecule is CCCCSc1ccc2n(C)c(-c3ccc(C=NNC(=O)c4ccc(C(=O)NN=Cc5ccc(-c6c[n+]7cc(SCCCC)ccc7n6C)cc5)cc4)cc3)c[n+]2c1. The van der Waals surface area contributed by atoms with E-state index >= 15 is 0 Å². The first-order valence-electron chi connectivity index (χ1n) is 19.6. The molecular formula is C46H48N8O2S2+2. The normalized spacial score (nSPS) is 11.7. The van der Waals surface area contributed by atoms with Gasteiger partial charge in [0.25, 0.3) is 23.1 Å². The third-order valence-electron chi connectivity index (χ3n) is 9.90. The number of rotatable bonds is 16. The topological polar surface area (TPSA) is 101 Å². The Hall–Kier alpha value is -5.98. The highest BCUT2D eigenvalue weighted by molar-refractivity contribution is 7.99. The van der Waals surface area contributed by atoms with Gasteiger partial charge in [0.2, 0.25) is 0 Å². The molecule has 12 heteroatoms. The van der Waals surface area contributed by atoms with Crippen molar-refractivity contribution in [2.75, 3.05) is 11.5 Å². The molecule has 0 saturated heterocycles. The van der Waals surface area contributed by atoms with E-state index in [0.29, 0.717) is 11.1 Å². The molecule has 4 heterocycles. The standard InChI is InChI=1S/C46H46N8O2S2/c1-5-7-25-57-39-21-23-43-51(3)41(31-53(43)29-39)35-13-9-33(10-14-35)27-47-49-45(55)37-17-19-38(20-18-37)46(56)50-48-28-34-11-15-36(16-12-34)42-32-54-30-40(58-26-8-6-2)22-24-44(54)52(42)4/h9-24,27-32H,5-8,25-26H2,1-4H3/p+2. The van der Waals surface area contributed by atoms with Gasteiger partial charge in [0.05, 0.1) is 26.5 Å². The summed E-state index contributed by atoms with van der Waals surface area (Å²) in [7, 11) is 4.14. The number of nitrogens with one attached hydrogen (secondary N) is 2. The number of hydrazone groups is 2. The van der Waals surface area contributed by atoms with Crippen LogP contribution in [0.3, 0.4) is 0 Å². The molecule has 10 nitrogen and oxygen atoms in total. The van der Waals surface area contributed by atoms with E-state index in [-0.39, 0.29) is 11.8 Å². The Kier molecular flexibility index (Phi) is 13.2. The number of thioether (sulfide) groups is 2. The summed E-state index contributed by atoms with van der Waals surface area (Å²) in [5.74, 6) is 1.49. The van der Waals surface area contributed by atoms with Gasteiger partial charge in [-0.2, -0.15) is 10.2 Å². The number of aromatic nitrogens is 4. The summed E-state index contributed by atoms with van der Waals surface area (Å²) in [5, 5.41) is 8.31. The fourth-order valence-corrected chi connectivity index (χ4v) is 8.57. The lowest BCUT2D eigenvalue weighted by Gasteiger charge is -2.03. The molecule has 0 bridgehead atoms. The van der Waals surface area contributed by atoms with Crippen LogP contribution < -0.4 is 19.7 Å². The van der Waals surface area contributed by atoms with Crippen molar-refractivity contribution < 1.29 is 18.4 Å². The number of hydrogen-bond acceptors (Lipinski definition) is 6. The third-order valence-corrected chi connectivity index (χ3v) is 12.0. The van der Waals surface area contributed by atoms with E-state index < -0.39 is 0 Å². The number of fused-ring (bicyclic) bond motifs is 2. The van der Waals surface area contributed by atoms with Crippen LogP contribution >= 0.6 is 23.5 Å². The first-order valence-corrected chi connectivity index (χ1v) is 21.5. The van der Waals surface area contributed by atoms with Gasteiger partial charge in [-0.3, -0.25) is 9.59 Å².